The second kappa shape index (κ2) is 8.37. The number of fused-ring (bicyclic) bond motifs is 1. The van der Waals surface area contributed by atoms with Gasteiger partial charge >= 0.3 is 0 Å². The maximum absolute atomic E-state index is 12.2. The summed E-state index contributed by atoms with van der Waals surface area (Å²) in [6.07, 6.45) is 0. The van der Waals surface area contributed by atoms with Crippen LogP contribution in [0.25, 0.3) is 10.4 Å². The summed E-state index contributed by atoms with van der Waals surface area (Å²) in [6.45, 7) is 3.78. The Balaban J connectivity index is 0.00000208. The predicted molar refractivity (Wildman–Crippen MR) is 98.8 cm³/mol. The number of hydrogen-bond acceptors (Lipinski definition) is 5. The van der Waals surface area contributed by atoms with Crippen LogP contribution in [0, 0.1) is 0 Å². The average Bonchev–Trinajstić information content (AvgIpc) is 3.09. The summed E-state index contributed by atoms with van der Waals surface area (Å²) < 4.78 is 11.1. The lowest BCUT2D eigenvalue weighted by molar-refractivity contribution is 0.0954. The first-order chi connectivity index (χ1) is 11.2. The minimum absolute atomic E-state index is 0. The standard InChI is InChI=1S/C17H20N2O3S.ClH/c1-11(18-2)10-19-17(20)16-6-5-15(23-16)12-3-4-13-14(9-12)22-8-7-21-13;/h3-6,9,11,18H,7-8,10H2,1-2H3,(H,19,20);1H. The Morgan fingerprint density at radius 2 is 1.96 bits per heavy atom. The Bertz CT molecular complexity index is 705. The van der Waals surface area contributed by atoms with Crippen LogP contribution in [0.2, 0.25) is 0 Å². The van der Waals surface area contributed by atoms with Crippen LogP contribution in [-0.4, -0.2) is 38.8 Å². The van der Waals surface area contributed by atoms with Gasteiger partial charge in [0.2, 0.25) is 0 Å². The van der Waals surface area contributed by atoms with Crippen molar-refractivity contribution >= 4 is 29.7 Å². The van der Waals surface area contributed by atoms with E-state index in [4.69, 9.17) is 9.47 Å². The summed E-state index contributed by atoms with van der Waals surface area (Å²) in [6, 6.07) is 9.94. The largest absolute Gasteiger partial charge is 0.486 e. The van der Waals surface area contributed by atoms with Gasteiger partial charge in [-0.15, -0.1) is 23.7 Å². The molecule has 7 heteroatoms. The second-order valence-electron chi connectivity index (χ2n) is 5.42. The highest BCUT2D eigenvalue weighted by atomic mass is 35.5. The maximum atomic E-state index is 12.2. The van der Waals surface area contributed by atoms with Crippen LogP contribution in [-0.2, 0) is 0 Å². The Labute approximate surface area is 151 Å². The van der Waals surface area contributed by atoms with Crippen molar-refractivity contribution in [2.75, 3.05) is 26.8 Å². The van der Waals surface area contributed by atoms with Gasteiger partial charge in [0.05, 0.1) is 4.88 Å². The zero-order valence-electron chi connectivity index (χ0n) is 13.6. The molecule has 130 valence electrons. The van der Waals surface area contributed by atoms with E-state index in [0.29, 0.717) is 24.6 Å². The molecule has 0 spiro atoms. The van der Waals surface area contributed by atoms with Crippen LogP contribution in [0.3, 0.4) is 0 Å². The number of likely N-dealkylation sites (N-methyl/N-ethyl adjacent to an activating group) is 1. The predicted octanol–water partition coefficient (Wildman–Crippen LogP) is 2.95. The number of nitrogens with one attached hydrogen (secondary N) is 2. The van der Waals surface area contributed by atoms with Crippen molar-refractivity contribution in [3.63, 3.8) is 0 Å². The van der Waals surface area contributed by atoms with Crippen LogP contribution in [0.15, 0.2) is 30.3 Å². The van der Waals surface area contributed by atoms with E-state index in [0.717, 1.165) is 21.9 Å². The molecule has 1 unspecified atom stereocenters. The third-order valence-corrected chi connectivity index (χ3v) is 4.85. The molecule has 1 amide bonds. The van der Waals surface area contributed by atoms with E-state index < -0.39 is 0 Å². The van der Waals surface area contributed by atoms with Crippen LogP contribution in [0.4, 0.5) is 0 Å². The molecule has 2 aromatic rings. The number of halogens is 1. The number of benzene rings is 1. The number of rotatable bonds is 5. The normalized spacial score (nSPS) is 13.8. The van der Waals surface area contributed by atoms with Gasteiger partial charge in [-0.3, -0.25) is 4.79 Å². The number of carbonyl (C=O) groups excluding carboxylic acids is 1. The van der Waals surface area contributed by atoms with E-state index >= 15 is 0 Å². The molecule has 0 saturated heterocycles. The fraction of sp³-hybridized carbons (Fsp3) is 0.353. The van der Waals surface area contributed by atoms with Gasteiger partial charge in [-0.05, 0) is 49.9 Å². The molecule has 0 aliphatic carbocycles. The van der Waals surface area contributed by atoms with E-state index in [9.17, 15) is 4.79 Å². The first kappa shape index (κ1) is 18.6. The van der Waals surface area contributed by atoms with Crippen molar-refractivity contribution in [2.45, 2.75) is 13.0 Å². The van der Waals surface area contributed by atoms with Gasteiger partial charge in [-0.1, -0.05) is 0 Å². The van der Waals surface area contributed by atoms with E-state index in [1.807, 2.05) is 44.3 Å². The second-order valence-corrected chi connectivity index (χ2v) is 6.51. The monoisotopic (exact) mass is 368 g/mol. The van der Waals surface area contributed by atoms with Gasteiger partial charge in [0.25, 0.3) is 5.91 Å². The molecule has 0 bridgehead atoms. The molecule has 1 aromatic carbocycles. The molecule has 3 rings (SSSR count). The van der Waals surface area contributed by atoms with Gasteiger partial charge in [0, 0.05) is 17.5 Å². The zero-order valence-corrected chi connectivity index (χ0v) is 15.3. The Kier molecular flexibility index (Phi) is 6.48. The molecule has 1 aliphatic rings. The zero-order chi connectivity index (χ0) is 16.2. The molecule has 0 saturated carbocycles. The summed E-state index contributed by atoms with van der Waals surface area (Å²) in [5, 5.41) is 6.02. The lowest BCUT2D eigenvalue weighted by atomic mass is 10.1. The number of thiophene rings is 1. The molecule has 24 heavy (non-hydrogen) atoms. The maximum Gasteiger partial charge on any atom is 0.261 e. The van der Waals surface area contributed by atoms with Crippen molar-refractivity contribution in [2.24, 2.45) is 0 Å². The Hall–Kier alpha value is -1.76. The molecule has 0 fully saturated rings. The highest BCUT2D eigenvalue weighted by Gasteiger charge is 2.15. The first-order valence-corrected chi connectivity index (χ1v) is 8.44. The minimum Gasteiger partial charge on any atom is -0.486 e. The highest BCUT2D eigenvalue weighted by Crippen LogP contribution is 2.36. The number of amides is 1. The summed E-state index contributed by atoms with van der Waals surface area (Å²) in [5.41, 5.74) is 1.03. The molecule has 5 nitrogen and oxygen atoms in total. The minimum atomic E-state index is -0.0408. The lowest BCUT2D eigenvalue weighted by Gasteiger charge is -2.18. The van der Waals surface area contributed by atoms with Gasteiger partial charge < -0.3 is 20.1 Å². The summed E-state index contributed by atoms with van der Waals surface area (Å²) in [4.78, 5) is 13.9. The average molecular weight is 369 g/mol. The SMILES string of the molecule is CNC(C)CNC(=O)c1ccc(-c2ccc3c(c2)OCCO3)s1.Cl. The van der Waals surface area contributed by atoms with Gasteiger partial charge in [0.15, 0.2) is 11.5 Å². The molecule has 1 atom stereocenters. The quantitative estimate of drug-likeness (QED) is 0.851. The van der Waals surface area contributed by atoms with Crippen molar-refractivity contribution in [1.82, 2.24) is 10.6 Å². The molecular weight excluding hydrogens is 348 g/mol. The van der Waals surface area contributed by atoms with Crippen molar-refractivity contribution in [3.8, 4) is 21.9 Å². The fourth-order valence-corrected chi connectivity index (χ4v) is 3.17. The van der Waals surface area contributed by atoms with E-state index in [-0.39, 0.29) is 24.4 Å². The van der Waals surface area contributed by atoms with Crippen LogP contribution in [0.1, 0.15) is 16.6 Å². The molecule has 1 aromatic heterocycles. The third-order valence-electron chi connectivity index (χ3n) is 3.72. The van der Waals surface area contributed by atoms with Crippen LogP contribution in [0.5, 0.6) is 11.5 Å². The smallest absolute Gasteiger partial charge is 0.261 e. The van der Waals surface area contributed by atoms with Crippen LogP contribution < -0.4 is 20.1 Å². The molecule has 1 aliphatic heterocycles. The Morgan fingerprint density at radius 1 is 1.21 bits per heavy atom. The van der Waals surface area contributed by atoms with E-state index in [2.05, 4.69) is 10.6 Å². The Morgan fingerprint density at radius 3 is 2.71 bits per heavy atom. The van der Waals surface area contributed by atoms with Gasteiger partial charge in [0.1, 0.15) is 13.2 Å². The molecule has 2 N–H and O–H groups in total. The number of carbonyl (C=O) groups is 1. The van der Waals surface area contributed by atoms with Crippen molar-refractivity contribution in [3.05, 3.63) is 35.2 Å². The van der Waals surface area contributed by atoms with Gasteiger partial charge in [-0.25, -0.2) is 0 Å². The van der Waals surface area contributed by atoms with Crippen molar-refractivity contribution < 1.29 is 14.3 Å². The van der Waals surface area contributed by atoms with E-state index in [1.165, 1.54) is 11.3 Å². The lowest BCUT2D eigenvalue weighted by Crippen LogP contribution is -2.36. The molecular formula is C17H21ClN2O3S. The molecule has 0 radical (unpaired) electrons. The molecule has 2 heterocycles. The first-order valence-electron chi connectivity index (χ1n) is 7.62. The van der Waals surface area contributed by atoms with Crippen molar-refractivity contribution in [1.29, 1.82) is 0 Å². The number of ether oxygens (including phenoxy) is 2. The number of hydrogen-bond donors (Lipinski definition) is 2. The van der Waals surface area contributed by atoms with Gasteiger partial charge in [-0.2, -0.15) is 0 Å². The summed E-state index contributed by atoms with van der Waals surface area (Å²) in [5.74, 6) is 1.49. The highest BCUT2D eigenvalue weighted by molar-refractivity contribution is 7.17. The third kappa shape index (κ3) is 4.20. The van der Waals surface area contributed by atoms with E-state index in [1.54, 1.807) is 0 Å². The topological polar surface area (TPSA) is 59.6 Å². The summed E-state index contributed by atoms with van der Waals surface area (Å²) >= 11 is 1.48. The fourth-order valence-electron chi connectivity index (χ4n) is 2.25. The van der Waals surface area contributed by atoms with Crippen LogP contribution >= 0.6 is 23.7 Å². The summed E-state index contributed by atoms with van der Waals surface area (Å²) in [7, 11) is 1.88.